The van der Waals surface area contributed by atoms with E-state index in [-0.39, 0.29) is 30.6 Å². The van der Waals surface area contributed by atoms with Crippen LogP contribution in [0.2, 0.25) is 0 Å². The van der Waals surface area contributed by atoms with Gasteiger partial charge in [0.15, 0.2) is 11.0 Å². The number of rotatable bonds is 8. The maximum absolute atomic E-state index is 13.5. The molecule has 0 atom stereocenters. The molecule has 0 fully saturated rings. The molecular weight excluding hydrogens is 433 g/mol. The van der Waals surface area contributed by atoms with Crippen LogP contribution in [0.3, 0.4) is 0 Å². The molecule has 4 rings (SSSR count). The Morgan fingerprint density at radius 3 is 2.72 bits per heavy atom. The number of fused-ring (bicyclic) bond motifs is 1. The Hall–Kier alpha value is -3.66. The van der Waals surface area contributed by atoms with E-state index < -0.39 is 5.97 Å². The first-order chi connectivity index (χ1) is 15.6. The number of aromatic nitrogens is 4. The normalized spacial score (nSPS) is 10.9. The Balaban J connectivity index is 1.62. The third-order valence-corrected chi connectivity index (χ3v) is 5.54. The van der Waals surface area contributed by atoms with Gasteiger partial charge in [-0.15, -0.1) is 10.2 Å². The van der Waals surface area contributed by atoms with Crippen LogP contribution in [0.25, 0.3) is 28.0 Å². The maximum Gasteiger partial charge on any atom is 0.325 e. The number of thioether (sulfide) groups is 1. The molecule has 164 valence electrons. The predicted octanol–water partition coefficient (Wildman–Crippen LogP) is 3.33. The molecule has 32 heavy (non-hydrogen) atoms. The summed E-state index contributed by atoms with van der Waals surface area (Å²) in [7, 11) is 0. The summed E-state index contributed by atoms with van der Waals surface area (Å²) in [5.74, 6) is -0.620. The van der Waals surface area contributed by atoms with Crippen molar-refractivity contribution in [2.75, 3.05) is 18.9 Å². The van der Waals surface area contributed by atoms with Crippen molar-refractivity contribution >= 4 is 34.5 Å². The standard InChI is InChI=1S/C22H20FN5O3S/c1-2-31-20(30)12-25-19(29)13-32-22-27-26-21(28(22)15-9-7-14(23)8-10-15)17-11-24-18-6-4-3-5-16(17)18/h3-11,24H,2,12-13H2,1H3,(H,25,29). The van der Waals surface area contributed by atoms with Gasteiger partial charge in [0.1, 0.15) is 12.4 Å². The Morgan fingerprint density at radius 1 is 1.16 bits per heavy atom. The Labute approximate surface area is 187 Å². The van der Waals surface area contributed by atoms with Crippen LogP contribution in [-0.4, -0.2) is 50.5 Å². The number of halogens is 1. The van der Waals surface area contributed by atoms with Gasteiger partial charge in [-0.1, -0.05) is 30.0 Å². The van der Waals surface area contributed by atoms with Gasteiger partial charge in [0.05, 0.1) is 12.4 Å². The number of hydrogen-bond donors (Lipinski definition) is 2. The Morgan fingerprint density at radius 2 is 1.94 bits per heavy atom. The second-order valence-electron chi connectivity index (χ2n) is 6.74. The molecule has 0 spiro atoms. The highest BCUT2D eigenvalue weighted by molar-refractivity contribution is 7.99. The summed E-state index contributed by atoms with van der Waals surface area (Å²) in [5, 5.41) is 12.6. The highest BCUT2D eigenvalue weighted by atomic mass is 32.2. The lowest BCUT2D eigenvalue weighted by Gasteiger charge is -2.10. The number of ether oxygens (including phenoxy) is 1. The van der Waals surface area contributed by atoms with Crippen molar-refractivity contribution in [3.8, 4) is 17.1 Å². The second kappa shape index (κ2) is 9.65. The van der Waals surface area contributed by atoms with Crippen LogP contribution in [0, 0.1) is 5.82 Å². The van der Waals surface area contributed by atoms with E-state index in [1.54, 1.807) is 23.6 Å². The summed E-state index contributed by atoms with van der Waals surface area (Å²) in [6.07, 6.45) is 1.84. The quantitative estimate of drug-likeness (QED) is 0.313. The first-order valence-corrected chi connectivity index (χ1v) is 10.9. The van der Waals surface area contributed by atoms with Gasteiger partial charge in [-0.3, -0.25) is 14.2 Å². The average molecular weight is 453 g/mol. The Bertz CT molecular complexity index is 1250. The number of nitrogens with one attached hydrogen (secondary N) is 2. The fourth-order valence-corrected chi connectivity index (χ4v) is 3.96. The van der Waals surface area contributed by atoms with Gasteiger partial charge in [-0.25, -0.2) is 4.39 Å². The first kappa shape index (κ1) is 21.6. The molecule has 2 aromatic heterocycles. The molecule has 0 aliphatic carbocycles. The summed E-state index contributed by atoms with van der Waals surface area (Å²) >= 11 is 1.16. The summed E-state index contributed by atoms with van der Waals surface area (Å²) in [6, 6.07) is 13.8. The summed E-state index contributed by atoms with van der Waals surface area (Å²) in [4.78, 5) is 26.8. The van der Waals surface area contributed by atoms with E-state index in [1.165, 1.54) is 12.1 Å². The lowest BCUT2D eigenvalue weighted by atomic mass is 10.1. The van der Waals surface area contributed by atoms with Crippen molar-refractivity contribution in [2.45, 2.75) is 12.1 Å². The van der Waals surface area contributed by atoms with Gasteiger partial charge < -0.3 is 15.0 Å². The fraction of sp³-hybridized carbons (Fsp3) is 0.182. The zero-order chi connectivity index (χ0) is 22.5. The summed E-state index contributed by atoms with van der Waals surface area (Å²) in [5.41, 5.74) is 2.44. The zero-order valence-electron chi connectivity index (χ0n) is 17.2. The third kappa shape index (κ3) is 4.65. The number of para-hydroxylation sites is 1. The number of nitrogens with zero attached hydrogens (tertiary/aromatic N) is 3. The van der Waals surface area contributed by atoms with Crippen LogP contribution >= 0.6 is 11.8 Å². The average Bonchev–Trinajstić information content (AvgIpc) is 3.41. The number of aromatic amines is 1. The minimum atomic E-state index is -0.498. The van der Waals surface area contributed by atoms with Gasteiger partial charge in [0.2, 0.25) is 5.91 Å². The highest BCUT2D eigenvalue weighted by Gasteiger charge is 2.20. The second-order valence-corrected chi connectivity index (χ2v) is 7.68. The van der Waals surface area contributed by atoms with Crippen molar-refractivity contribution < 1.29 is 18.7 Å². The lowest BCUT2D eigenvalue weighted by Crippen LogP contribution is -2.31. The minimum Gasteiger partial charge on any atom is -0.465 e. The molecule has 8 nitrogen and oxygen atoms in total. The zero-order valence-corrected chi connectivity index (χ0v) is 18.0. The smallest absolute Gasteiger partial charge is 0.325 e. The van der Waals surface area contributed by atoms with Crippen molar-refractivity contribution in [1.29, 1.82) is 0 Å². The van der Waals surface area contributed by atoms with Crippen molar-refractivity contribution in [1.82, 2.24) is 25.1 Å². The van der Waals surface area contributed by atoms with Crippen molar-refractivity contribution in [3.63, 3.8) is 0 Å². The van der Waals surface area contributed by atoms with Gasteiger partial charge in [0, 0.05) is 28.4 Å². The molecule has 4 aromatic rings. The molecule has 10 heteroatoms. The van der Waals surface area contributed by atoms with E-state index in [0.29, 0.717) is 16.7 Å². The van der Waals surface area contributed by atoms with E-state index in [4.69, 9.17) is 4.74 Å². The molecule has 2 N–H and O–H groups in total. The number of hydrogen-bond acceptors (Lipinski definition) is 6. The monoisotopic (exact) mass is 453 g/mol. The van der Waals surface area contributed by atoms with Crippen LogP contribution in [0.15, 0.2) is 59.9 Å². The van der Waals surface area contributed by atoms with E-state index in [9.17, 15) is 14.0 Å². The number of carbonyl (C=O) groups excluding carboxylic acids is 2. The van der Waals surface area contributed by atoms with E-state index in [1.807, 2.05) is 30.5 Å². The molecule has 2 aromatic carbocycles. The maximum atomic E-state index is 13.5. The minimum absolute atomic E-state index is 0.0205. The molecule has 2 heterocycles. The van der Waals surface area contributed by atoms with Crippen molar-refractivity contribution in [2.24, 2.45) is 0 Å². The number of H-pyrrole nitrogens is 1. The molecular formula is C22H20FN5O3S. The van der Waals surface area contributed by atoms with Gasteiger partial charge in [-0.05, 0) is 37.3 Å². The first-order valence-electron chi connectivity index (χ1n) is 9.89. The highest BCUT2D eigenvalue weighted by Crippen LogP contribution is 2.32. The fourth-order valence-electron chi connectivity index (χ4n) is 3.18. The molecule has 0 saturated heterocycles. The van der Waals surface area contributed by atoms with Crippen LogP contribution in [0.5, 0.6) is 0 Å². The van der Waals surface area contributed by atoms with Crippen LogP contribution in [0.1, 0.15) is 6.92 Å². The van der Waals surface area contributed by atoms with Crippen LogP contribution in [0.4, 0.5) is 4.39 Å². The molecule has 0 aliphatic heterocycles. The largest absolute Gasteiger partial charge is 0.465 e. The van der Waals surface area contributed by atoms with Crippen molar-refractivity contribution in [3.05, 3.63) is 60.5 Å². The van der Waals surface area contributed by atoms with Gasteiger partial charge >= 0.3 is 5.97 Å². The SMILES string of the molecule is CCOC(=O)CNC(=O)CSc1nnc(-c2c[nH]c3ccccc23)n1-c1ccc(F)cc1. The van der Waals surface area contributed by atoms with Crippen LogP contribution in [-0.2, 0) is 14.3 Å². The molecule has 0 unspecified atom stereocenters. The predicted molar refractivity (Wildman–Crippen MR) is 119 cm³/mol. The number of amides is 1. The van der Waals surface area contributed by atoms with E-state index in [0.717, 1.165) is 28.2 Å². The third-order valence-electron chi connectivity index (χ3n) is 4.62. The molecule has 1 amide bonds. The topological polar surface area (TPSA) is 102 Å². The molecule has 0 radical (unpaired) electrons. The van der Waals surface area contributed by atoms with Crippen LogP contribution < -0.4 is 5.32 Å². The van der Waals surface area contributed by atoms with E-state index in [2.05, 4.69) is 20.5 Å². The summed E-state index contributed by atoms with van der Waals surface area (Å²) in [6.45, 7) is 1.75. The number of benzene rings is 2. The number of carbonyl (C=O) groups is 2. The summed E-state index contributed by atoms with van der Waals surface area (Å²) < 4.78 is 20.1. The molecule has 0 aliphatic rings. The van der Waals surface area contributed by atoms with E-state index >= 15 is 0 Å². The molecule has 0 saturated carbocycles. The van der Waals surface area contributed by atoms with Gasteiger partial charge in [0.25, 0.3) is 0 Å². The van der Waals surface area contributed by atoms with Gasteiger partial charge in [-0.2, -0.15) is 0 Å². The number of esters is 1. The molecule has 0 bridgehead atoms. The lowest BCUT2D eigenvalue weighted by molar-refractivity contribution is -0.143. The Kier molecular flexibility index (Phi) is 6.50.